The van der Waals surface area contributed by atoms with Gasteiger partial charge in [-0.05, 0) is 42.9 Å². The van der Waals surface area contributed by atoms with E-state index in [1.54, 1.807) is 31.4 Å². The molecule has 1 heterocycles. The van der Waals surface area contributed by atoms with Crippen molar-refractivity contribution in [3.05, 3.63) is 45.9 Å². The fourth-order valence-electron chi connectivity index (χ4n) is 3.16. The van der Waals surface area contributed by atoms with Crippen molar-refractivity contribution in [3.8, 4) is 11.5 Å². The molecule has 0 radical (unpaired) electrons. The fourth-order valence-corrected chi connectivity index (χ4v) is 3.16. The summed E-state index contributed by atoms with van der Waals surface area (Å²) in [5, 5.41) is 7.15. The quantitative estimate of drug-likeness (QED) is 0.885. The summed E-state index contributed by atoms with van der Waals surface area (Å²) >= 11 is 0. The van der Waals surface area contributed by atoms with E-state index in [1.165, 1.54) is 11.8 Å². The largest absolute Gasteiger partial charge is 0.497 e. The zero-order valence-electron chi connectivity index (χ0n) is 15.2. The predicted molar refractivity (Wildman–Crippen MR) is 97.9 cm³/mol. The van der Waals surface area contributed by atoms with Gasteiger partial charge in [0.15, 0.2) is 0 Å². The summed E-state index contributed by atoms with van der Waals surface area (Å²) in [6.45, 7) is 2.02. The van der Waals surface area contributed by atoms with E-state index in [0.717, 1.165) is 30.5 Å². The molecule has 7 heteroatoms. The standard InChI is InChI=1S/C19H23N3O4/c1-12-4-6-15-13(8-12)9-19(24)22(21-15)11-18(23)20-16-10-14(25-2)5-7-17(16)26-3/h5,7,9-10,12H,4,6,8,11H2,1-3H3,(H,20,23). The zero-order valence-corrected chi connectivity index (χ0v) is 15.2. The molecule has 0 aliphatic heterocycles. The van der Waals surface area contributed by atoms with Crippen molar-refractivity contribution in [2.24, 2.45) is 5.92 Å². The van der Waals surface area contributed by atoms with E-state index < -0.39 is 0 Å². The second-order valence-corrected chi connectivity index (χ2v) is 6.57. The Bertz CT molecular complexity index is 876. The third kappa shape index (κ3) is 3.87. The Morgan fingerprint density at radius 2 is 2.12 bits per heavy atom. The fraction of sp³-hybridized carbons (Fsp3) is 0.421. The Morgan fingerprint density at radius 1 is 1.31 bits per heavy atom. The number of nitrogens with zero attached hydrogens (tertiary/aromatic N) is 2. The van der Waals surface area contributed by atoms with Gasteiger partial charge in [0, 0.05) is 12.1 Å². The van der Waals surface area contributed by atoms with Crippen molar-refractivity contribution in [2.75, 3.05) is 19.5 Å². The molecule has 1 aliphatic rings. The lowest BCUT2D eigenvalue weighted by Crippen LogP contribution is -2.32. The Balaban J connectivity index is 1.78. The zero-order chi connectivity index (χ0) is 18.7. The van der Waals surface area contributed by atoms with Gasteiger partial charge in [-0.2, -0.15) is 5.10 Å². The van der Waals surface area contributed by atoms with Crippen molar-refractivity contribution in [1.82, 2.24) is 9.78 Å². The second-order valence-electron chi connectivity index (χ2n) is 6.57. The number of aryl methyl sites for hydroxylation is 1. The van der Waals surface area contributed by atoms with E-state index in [1.807, 2.05) is 0 Å². The maximum Gasteiger partial charge on any atom is 0.267 e. The maximum absolute atomic E-state index is 12.4. The number of methoxy groups -OCH3 is 2. The molecule has 1 aromatic carbocycles. The predicted octanol–water partition coefficient (Wildman–Crippen LogP) is 2.02. The summed E-state index contributed by atoms with van der Waals surface area (Å²) in [5.74, 6) is 1.32. The number of hydrogen-bond donors (Lipinski definition) is 1. The molecule has 0 bridgehead atoms. The number of aromatic nitrogens is 2. The third-order valence-corrected chi connectivity index (χ3v) is 4.58. The Labute approximate surface area is 151 Å². The highest BCUT2D eigenvalue weighted by Gasteiger charge is 2.19. The molecule has 0 spiro atoms. The number of nitrogens with one attached hydrogen (secondary N) is 1. The lowest BCUT2D eigenvalue weighted by Gasteiger charge is -2.20. The van der Waals surface area contributed by atoms with Gasteiger partial charge in [-0.25, -0.2) is 4.68 Å². The number of carbonyl (C=O) groups excluding carboxylic acids is 1. The molecule has 1 aliphatic carbocycles. The summed E-state index contributed by atoms with van der Waals surface area (Å²) < 4.78 is 11.6. The number of amides is 1. The van der Waals surface area contributed by atoms with E-state index in [9.17, 15) is 9.59 Å². The minimum Gasteiger partial charge on any atom is -0.497 e. The lowest BCUT2D eigenvalue weighted by atomic mass is 9.88. The molecule has 2 aromatic rings. The van der Waals surface area contributed by atoms with Crippen LogP contribution in [0.4, 0.5) is 5.69 Å². The van der Waals surface area contributed by atoms with Crippen LogP contribution in [0.5, 0.6) is 11.5 Å². The highest BCUT2D eigenvalue weighted by atomic mass is 16.5. The van der Waals surface area contributed by atoms with E-state index in [2.05, 4.69) is 17.3 Å². The molecule has 1 aromatic heterocycles. The average Bonchev–Trinajstić information content (AvgIpc) is 2.62. The molecule has 26 heavy (non-hydrogen) atoms. The van der Waals surface area contributed by atoms with Crippen molar-refractivity contribution in [2.45, 2.75) is 32.7 Å². The van der Waals surface area contributed by atoms with Crippen molar-refractivity contribution in [3.63, 3.8) is 0 Å². The highest BCUT2D eigenvalue weighted by Crippen LogP contribution is 2.28. The normalized spacial score (nSPS) is 15.9. The summed E-state index contributed by atoms with van der Waals surface area (Å²) in [7, 11) is 3.07. The first-order chi connectivity index (χ1) is 12.5. The van der Waals surface area contributed by atoms with Gasteiger partial charge in [0.2, 0.25) is 5.91 Å². The van der Waals surface area contributed by atoms with Gasteiger partial charge < -0.3 is 14.8 Å². The van der Waals surface area contributed by atoms with Crippen LogP contribution in [0.1, 0.15) is 24.6 Å². The first-order valence-corrected chi connectivity index (χ1v) is 8.62. The lowest BCUT2D eigenvalue weighted by molar-refractivity contribution is -0.117. The summed E-state index contributed by atoms with van der Waals surface area (Å²) in [6.07, 6.45) is 2.75. The van der Waals surface area contributed by atoms with Crippen LogP contribution in [0.3, 0.4) is 0 Å². The van der Waals surface area contributed by atoms with Gasteiger partial charge in [-0.3, -0.25) is 9.59 Å². The van der Waals surface area contributed by atoms with Crippen molar-refractivity contribution >= 4 is 11.6 Å². The topological polar surface area (TPSA) is 82.4 Å². The monoisotopic (exact) mass is 357 g/mol. The molecule has 3 rings (SSSR count). The van der Waals surface area contributed by atoms with Crippen LogP contribution in [0, 0.1) is 5.92 Å². The van der Waals surface area contributed by atoms with Crippen LogP contribution in [-0.4, -0.2) is 29.9 Å². The molecule has 0 saturated carbocycles. The average molecular weight is 357 g/mol. The number of anilines is 1. The molecule has 138 valence electrons. The van der Waals surface area contributed by atoms with Gasteiger partial charge >= 0.3 is 0 Å². The molecule has 1 atom stereocenters. The number of ether oxygens (including phenoxy) is 2. The minimum absolute atomic E-state index is 0.151. The SMILES string of the molecule is COc1ccc(OC)c(NC(=O)Cn2nc3c(cc2=O)CC(C)CC3)c1. The van der Waals surface area contributed by atoms with Crippen LogP contribution in [-0.2, 0) is 24.2 Å². The van der Waals surface area contributed by atoms with E-state index in [-0.39, 0.29) is 18.0 Å². The molecular weight excluding hydrogens is 334 g/mol. The second kappa shape index (κ2) is 7.59. The molecular formula is C19H23N3O4. The minimum atomic E-state index is -0.352. The van der Waals surface area contributed by atoms with Crippen LogP contribution < -0.4 is 20.3 Å². The van der Waals surface area contributed by atoms with Crippen molar-refractivity contribution in [1.29, 1.82) is 0 Å². The van der Waals surface area contributed by atoms with E-state index in [0.29, 0.717) is 23.1 Å². The summed E-state index contributed by atoms with van der Waals surface area (Å²) in [5.41, 5.74) is 2.14. The van der Waals surface area contributed by atoms with Gasteiger partial charge in [0.05, 0.1) is 25.6 Å². The van der Waals surface area contributed by atoms with Gasteiger partial charge in [0.1, 0.15) is 18.0 Å². The Morgan fingerprint density at radius 3 is 2.85 bits per heavy atom. The molecule has 1 amide bonds. The van der Waals surface area contributed by atoms with Crippen LogP contribution in [0.25, 0.3) is 0 Å². The van der Waals surface area contributed by atoms with Gasteiger partial charge in [-0.1, -0.05) is 6.92 Å². The molecule has 1 unspecified atom stereocenters. The summed E-state index contributed by atoms with van der Waals surface area (Å²) in [4.78, 5) is 24.7. The summed E-state index contributed by atoms with van der Waals surface area (Å²) in [6, 6.07) is 6.72. The highest BCUT2D eigenvalue weighted by molar-refractivity contribution is 5.92. The number of rotatable bonds is 5. The maximum atomic E-state index is 12.4. The van der Waals surface area contributed by atoms with Gasteiger partial charge in [-0.15, -0.1) is 0 Å². The molecule has 1 N–H and O–H groups in total. The smallest absolute Gasteiger partial charge is 0.267 e. The van der Waals surface area contributed by atoms with Crippen LogP contribution in [0.15, 0.2) is 29.1 Å². The van der Waals surface area contributed by atoms with Crippen LogP contribution >= 0.6 is 0 Å². The third-order valence-electron chi connectivity index (χ3n) is 4.58. The first-order valence-electron chi connectivity index (χ1n) is 8.62. The first kappa shape index (κ1) is 18.0. The number of carbonyl (C=O) groups is 1. The number of fused-ring (bicyclic) bond motifs is 1. The molecule has 0 fully saturated rings. The Hall–Kier alpha value is -2.83. The van der Waals surface area contributed by atoms with Crippen molar-refractivity contribution < 1.29 is 14.3 Å². The molecule has 0 saturated heterocycles. The van der Waals surface area contributed by atoms with E-state index in [4.69, 9.17) is 9.47 Å². The molecule has 7 nitrogen and oxygen atoms in total. The van der Waals surface area contributed by atoms with Crippen LogP contribution in [0.2, 0.25) is 0 Å². The number of benzene rings is 1. The van der Waals surface area contributed by atoms with E-state index >= 15 is 0 Å². The number of hydrogen-bond acceptors (Lipinski definition) is 5. The van der Waals surface area contributed by atoms with Gasteiger partial charge in [0.25, 0.3) is 5.56 Å². The Kier molecular flexibility index (Phi) is 5.25.